The molecule has 3 aromatic rings. The van der Waals surface area contributed by atoms with Gasteiger partial charge in [0.05, 0.1) is 5.25 Å². The van der Waals surface area contributed by atoms with Gasteiger partial charge in [0.25, 0.3) is 5.56 Å². The van der Waals surface area contributed by atoms with Crippen LogP contribution in [0.2, 0.25) is 5.02 Å². The summed E-state index contributed by atoms with van der Waals surface area (Å²) >= 11 is 7.36. The van der Waals surface area contributed by atoms with E-state index in [2.05, 4.69) is 15.3 Å². The molecule has 0 saturated carbocycles. The van der Waals surface area contributed by atoms with E-state index in [0.717, 1.165) is 10.1 Å². The van der Waals surface area contributed by atoms with E-state index in [4.69, 9.17) is 11.6 Å². The number of nitrogens with zero attached hydrogens (tertiary/aromatic N) is 4. The summed E-state index contributed by atoms with van der Waals surface area (Å²) < 4.78 is 2.58. The summed E-state index contributed by atoms with van der Waals surface area (Å²) in [6.07, 6.45) is 0.706. The first kappa shape index (κ1) is 25.0. The van der Waals surface area contributed by atoms with Crippen LogP contribution in [0, 0.1) is 0 Å². The molecule has 10 heteroatoms. The first-order valence-corrected chi connectivity index (χ1v) is 12.1. The number of benzene rings is 1. The van der Waals surface area contributed by atoms with Crippen LogP contribution in [0.25, 0.3) is 11.0 Å². The first-order chi connectivity index (χ1) is 15.6. The Morgan fingerprint density at radius 1 is 1.18 bits per heavy atom. The molecule has 1 unspecified atom stereocenters. The number of amides is 1. The summed E-state index contributed by atoms with van der Waals surface area (Å²) in [7, 11) is 1.45. The number of aryl methyl sites for hydroxylation is 1. The minimum Gasteiger partial charge on any atom is -0.351 e. The summed E-state index contributed by atoms with van der Waals surface area (Å²) in [5.41, 5.74) is 0.250. The second kappa shape index (κ2) is 10.5. The minimum atomic E-state index is -0.540. The van der Waals surface area contributed by atoms with Gasteiger partial charge in [-0.2, -0.15) is 0 Å². The average molecular weight is 490 g/mol. The summed E-state index contributed by atoms with van der Waals surface area (Å²) in [5.74, 6) is 0.287. The molecule has 1 aromatic carbocycles. The number of carbonyl (C=O) groups is 1. The summed E-state index contributed by atoms with van der Waals surface area (Å²) in [4.78, 5) is 47.8. The largest absolute Gasteiger partial charge is 0.351 e. The molecule has 2 heterocycles. The summed E-state index contributed by atoms with van der Waals surface area (Å²) in [5, 5.41) is 3.58. The zero-order valence-corrected chi connectivity index (χ0v) is 21.0. The van der Waals surface area contributed by atoms with Crippen LogP contribution in [0.1, 0.15) is 51.4 Å². The van der Waals surface area contributed by atoms with Crippen molar-refractivity contribution in [3.05, 3.63) is 61.5 Å². The molecule has 1 atom stereocenters. The van der Waals surface area contributed by atoms with Crippen LogP contribution < -0.4 is 16.6 Å². The van der Waals surface area contributed by atoms with E-state index >= 15 is 0 Å². The van der Waals surface area contributed by atoms with Gasteiger partial charge in [-0.05, 0) is 25.0 Å². The van der Waals surface area contributed by atoms with Gasteiger partial charge in [-0.3, -0.25) is 18.7 Å². The van der Waals surface area contributed by atoms with Crippen molar-refractivity contribution in [1.82, 2.24) is 24.4 Å². The van der Waals surface area contributed by atoms with E-state index < -0.39 is 16.5 Å². The van der Waals surface area contributed by atoms with Gasteiger partial charge in [0, 0.05) is 31.1 Å². The predicted molar refractivity (Wildman–Crippen MR) is 132 cm³/mol. The van der Waals surface area contributed by atoms with E-state index in [9.17, 15) is 14.4 Å². The molecular weight excluding hydrogens is 462 g/mol. The number of thioether (sulfide) groups is 1. The van der Waals surface area contributed by atoms with Crippen LogP contribution in [0.3, 0.4) is 0 Å². The Morgan fingerprint density at radius 2 is 1.88 bits per heavy atom. The Balaban J connectivity index is 2.00. The topological polar surface area (TPSA) is 98.9 Å². The number of hydrogen-bond donors (Lipinski definition) is 1. The maximum Gasteiger partial charge on any atom is 0.332 e. The molecule has 0 bridgehead atoms. The van der Waals surface area contributed by atoms with Crippen molar-refractivity contribution in [3.63, 3.8) is 0 Å². The van der Waals surface area contributed by atoms with Crippen molar-refractivity contribution in [1.29, 1.82) is 0 Å². The minimum absolute atomic E-state index is 0.0210. The van der Waals surface area contributed by atoms with Gasteiger partial charge in [0.2, 0.25) is 5.91 Å². The van der Waals surface area contributed by atoms with Crippen LogP contribution in [-0.4, -0.2) is 30.3 Å². The van der Waals surface area contributed by atoms with Crippen LogP contribution in [-0.2, 0) is 24.9 Å². The molecule has 2 aromatic heterocycles. The number of halogens is 1. The van der Waals surface area contributed by atoms with Gasteiger partial charge < -0.3 is 5.32 Å². The number of rotatable bonds is 8. The fourth-order valence-corrected chi connectivity index (χ4v) is 4.48. The molecule has 0 aliphatic carbocycles. The highest BCUT2D eigenvalue weighted by molar-refractivity contribution is 8.00. The third kappa shape index (κ3) is 5.30. The average Bonchev–Trinajstić information content (AvgIpc) is 2.79. The van der Waals surface area contributed by atoms with Crippen LogP contribution in [0.5, 0.6) is 0 Å². The van der Waals surface area contributed by atoms with E-state index in [1.165, 1.54) is 23.4 Å². The molecular formula is C23H28ClN5O3S. The maximum atomic E-state index is 13.0. The lowest BCUT2D eigenvalue weighted by Gasteiger charge is -2.17. The third-order valence-corrected chi connectivity index (χ3v) is 6.65. The number of aromatic nitrogens is 4. The van der Waals surface area contributed by atoms with Gasteiger partial charge in [-0.25, -0.2) is 14.8 Å². The van der Waals surface area contributed by atoms with Crippen molar-refractivity contribution in [3.8, 4) is 0 Å². The van der Waals surface area contributed by atoms with Crippen molar-refractivity contribution >= 4 is 40.3 Å². The molecule has 3 rings (SSSR count). The maximum absolute atomic E-state index is 13.0. The molecule has 176 valence electrons. The van der Waals surface area contributed by atoms with Crippen molar-refractivity contribution in [2.45, 2.75) is 63.4 Å². The van der Waals surface area contributed by atoms with E-state index in [0.29, 0.717) is 41.0 Å². The highest BCUT2D eigenvalue weighted by Gasteiger charge is 2.23. The predicted octanol–water partition coefficient (Wildman–Crippen LogP) is 3.47. The lowest BCUT2D eigenvalue weighted by atomic mass is 10.2. The zero-order chi connectivity index (χ0) is 24.3. The Hall–Kier alpha value is -2.65. The Morgan fingerprint density at radius 3 is 2.52 bits per heavy atom. The molecule has 33 heavy (non-hydrogen) atoms. The first-order valence-electron chi connectivity index (χ1n) is 10.8. The Kier molecular flexibility index (Phi) is 7.97. The van der Waals surface area contributed by atoms with Gasteiger partial charge in [0.1, 0.15) is 16.2 Å². The normalized spacial score (nSPS) is 12.3. The van der Waals surface area contributed by atoms with E-state index in [1.807, 2.05) is 39.0 Å². The molecule has 1 amide bonds. The van der Waals surface area contributed by atoms with Crippen LogP contribution in [0.4, 0.5) is 0 Å². The highest BCUT2D eigenvalue weighted by Crippen LogP contribution is 2.28. The quantitative estimate of drug-likeness (QED) is 0.384. The number of carbonyl (C=O) groups excluding carboxylic acids is 1. The molecule has 0 saturated heterocycles. The molecule has 0 spiro atoms. The number of fused-ring (bicyclic) bond motifs is 1. The lowest BCUT2D eigenvalue weighted by molar-refractivity contribution is -0.120. The van der Waals surface area contributed by atoms with Gasteiger partial charge in [-0.1, -0.05) is 62.3 Å². The molecule has 8 nitrogen and oxygen atoms in total. The number of hydrogen-bond acceptors (Lipinski definition) is 6. The van der Waals surface area contributed by atoms with Crippen molar-refractivity contribution in [2.24, 2.45) is 7.05 Å². The Bertz CT molecular complexity index is 1300. The fraction of sp³-hybridized carbons (Fsp3) is 0.435. The van der Waals surface area contributed by atoms with E-state index in [1.54, 1.807) is 13.0 Å². The van der Waals surface area contributed by atoms with Gasteiger partial charge in [0.15, 0.2) is 5.65 Å². The number of nitrogens with one attached hydrogen (secondary N) is 1. The second-order valence-corrected chi connectivity index (χ2v) is 9.84. The molecule has 0 fully saturated rings. The zero-order valence-electron chi connectivity index (χ0n) is 19.4. The SMILES string of the molecule is CCCn1c(=O)n(C)c(=O)c2c(SC(C)C(=O)NCc3ccccc3Cl)nc(C(C)C)nc21. The van der Waals surface area contributed by atoms with Gasteiger partial charge >= 0.3 is 5.69 Å². The molecule has 0 aliphatic rings. The highest BCUT2D eigenvalue weighted by atomic mass is 35.5. The van der Waals surface area contributed by atoms with Crippen LogP contribution in [0.15, 0.2) is 38.9 Å². The van der Waals surface area contributed by atoms with Crippen LogP contribution >= 0.6 is 23.4 Å². The molecule has 1 N–H and O–H groups in total. The summed E-state index contributed by atoms with van der Waals surface area (Å²) in [6.45, 7) is 8.31. The van der Waals surface area contributed by atoms with Crippen molar-refractivity contribution in [2.75, 3.05) is 0 Å². The van der Waals surface area contributed by atoms with Gasteiger partial charge in [-0.15, -0.1) is 0 Å². The monoisotopic (exact) mass is 489 g/mol. The smallest absolute Gasteiger partial charge is 0.332 e. The van der Waals surface area contributed by atoms with E-state index in [-0.39, 0.29) is 17.2 Å². The Labute approximate surface area is 201 Å². The van der Waals surface area contributed by atoms with Crippen molar-refractivity contribution < 1.29 is 4.79 Å². The molecule has 0 aliphatic heterocycles. The third-order valence-electron chi connectivity index (χ3n) is 5.20. The standard InChI is InChI=1S/C23H28ClN5O3S/c1-6-11-29-19-17(22(31)28(5)23(29)32)21(27-18(26-19)13(2)3)33-14(4)20(30)25-12-15-9-7-8-10-16(15)24/h7-10,13-14H,6,11-12H2,1-5H3,(H,25,30). The lowest BCUT2D eigenvalue weighted by Crippen LogP contribution is -2.39. The fourth-order valence-electron chi connectivity index (χ4n) is 3.31. The summed E-state index contributed by atoms with van der Waals surface area (Å²) in [6, 6.07) is 7.31. The second-order valence-electron chi connectivity index (χ2n) is 8.11. The molecule has 0 radical (unpaired) electrons.